The lowest BCUT2D eigenvalue weighted by atomic mass is 10.0. The maximum absolute atomic E-state index is 11.7. The molecule has 1 aromatic heterocycles. The van der Waals surface area contributed by atoms with E-state index >= 15 is 0 Å². The van der Waals surface area contributed by atoms with E-state index in [9.17, 15) is 14.7 Å². The van der Waals surface area contributed by atoms with E-state index < -0.39 is 17.5 Å². The number of benzene rings is 2. The van der Waals surface area contributed by atoms with Crippen molar-refractivity contribution in [2.45, 2.75) is 12.0 Å². The van der Waals surface area contributed by atoms with Gasteiger partial charge in [-0.3, -0.25) is 4.79 Å². The summed E-state index contributed by atoms with van der Waals surface area (Å²) in [4.78, 5) is 23.3. The van der Waals surface area contributed by atoms with E-state index in [1.54, 1.807) is 28.9 Å². The number of rotatable bonds is 2. The van der Waals surface area contributed by atoms with Crippen molar-refractivity contribution in [3.8, 4) is 17.5 Å². The molecule has 7 heteroatoms. The van der Waals surface area contributed by atoms with Crippen LogP contribution in [-0.2, 0) is 9.53 Å². The van der Waals surface area contributed by atoms with Gasteiger partial charge in [0.15, 0.2) is 5.69 Å². The molecule has 2 heterocycles. The Morgan fingerprint density at radius 2 is 2.07 bits per heavy atom. The highest BCUT2D eigenvalue weighted by molar-refractivity contribution is 6.04. The van der Waals surface area contributed by atoms with Gasteiger partial charge in [-0.25, -0.2) is 9.48 Å². The first-order valence-corrected chi connectivity index (χ1v) is 8.29. The van der Waals surface area contributed by atoms with Crippen LogP contribution in [0, 0.1) is 11.8 Å². The number of para-hydroxylation sites is 1. The second-order valence-corrected chi connectivity index (χ2v) is 6.19. The first kappa shape index (κ1) is 16.8. The Morgan fingerprint density at radius 3 is 2.81 bits per heavy atom. The van der Waals surface area contributed by atoms with Crippen LogP contribution in [0.3, 0.4) is 0 Å². The van der Waals surface area contributed by atoms with Gasteiger partial charge in [-0.05, 0) is 24.3 Å². The van der Waals surface area contributed by atoms with Gasteiger partial charge in [0.1, 0.15) is 0 Å². The lowest BCUT2D eigenvalue weighted by Gasteiger charge is -2.08. The molecule has 2 aromatic carbocycles. The van der Waals surface area contributed by atoms with Gasteiger partial charge in [-0.15, -0.1) is 0 Å². The summed E-state index contributed by atoms with van der Waals surface area (Å²) in [6.07, 6.45) is 0.143. The van der Waals surface area contributed by atoms with Crippen molar-refractivity contribution in [1.82, 2.24) is 9.78 Å². The first-order chi connectivity index (χ1) is 13.0. The number of aliphatic hydroxyl groups is 1. The number of hydrogen-bond acceptors (Lipinski definition) is 5. The van der Waals surface area contributed by atoms with Crippen molar-refractivity contribution in [2.24, 2.45) is 5.73 Å². The molecule has 0 aliphatic carbocycles. The number of carbonyl (C=O) groups is 2. The number of amides is 1. The third-order valence-electron chi connectivity index (χ3n) is 4.36. The molecule has 3 N–H and O–H groups in total. The molecule has 4 rings (SSSR count). The maximum Gasteiger partial charge on any atom is 0.351 e. The first-order valence-electron chi connectivity index (χ1n) is 8.29. The van der Waals surface area contributed by atoms with Crippen LogP contribution in [0.1, 0.15) is 22.5 Å². The van der Waals surface area contributed by atoms with Gasteiger partial charge in [-0.2, -0.15) is 5.10 Å². The van der Waals surface area contributed by atoms with Gasteiger partial charge in [-0.1, -0.05) is 36.1 Å². The second-order valence-electron chi connectivity index (χ2n) is 6.19. The number of primary amides is 1. The molecule has 1 amide bonds. The van der Waals surface area contributed by atoms with E-state index in [1.165, 1.54) is 0 Å². The number of hydrogen-bond donors (Lipinski definition) is 2. The number of ether oxygens (including phenoxy) is 1. The summed E-state index contributed by atoms with van der Waals surface area (Å²) in [6, 6.07) is 14.4. The molecule has 0 spiro atoms. The number of fused-ring (bicyclic) bond motifs is 1. The number of nitrogens with two attached hydrogens (primary N) is 1. The third-order valence-corrected chi connectivity index (χ3v) is 4.36. The molecule has 134 valence electrons. The minimum absolute atomic E-state index is 0.143. The largest absolute Gasteiger partial charge is 0.463 e. The van der Waals surface area contributed by atoms with Crippen LogP contribution in [0.15, 0.2) is 48.5 Å². The van der Waals surface area contributed by atoms with E-state index in [2.05, 4.69) is 16.9 Å². The Kier molecular flexibility index (Phi) is 3.90. The summed E-state index contributed by atoms with van der Waals surface area (Å²) >= 11 is 0. The average Bonchev–Trinajstić information content (AvgIpc) is 3.22. The van der Waals surface area contributed by atoms with Gasteiger partial charge < -0.3 is 15.6 Å². The highest BCUT2D eigenvalue weighted by atomic mass is 16.6. The Hall–Kier alpha value is -3.63. The monoisotopic (exact) mass is 361 g/mol. The lowest BCUT2D eigenvalue weighted by molar-refractivity contribution is -0.148. The van der Waals surface area contributed by atoms with E-state index in [0.717, 1.165) is 5.52 Å². The van der Waals surface area contributed by atoms with Crippen LogP contribution in [0.25, 0.3) is 16.6 Å². The van der Waals surface area contributed by atoms with Crippen LogP contribution >= 0.6 is 0 Å². The van der Waals surface area contributed by atoms with Gasteiger partial charge >= 0.3 is 5.97 Å². The summed E-state index contributed by atoms with van der Waals surface area (Å²) in [6.45, 7) is 0.152. The maximum atomic E-state index is 11.7. The van der Waals surface area contributed by atoms with Gasteiger partial charge in [0.25, 0.3) is 5.91 Å². The summed E-state index contributed by atoms with van der Waals surface area (Å²) < 4.78 is 6.38. The van der Waals surface area contributed by atoms with E-state index in [-0.39, 0.29) is 18.7 Å². The smallest absolute Gasteiger partial charge is 0.351 e. The van der Waals surface area contributed by atoms with Crippen molar-refractivity contribution < 1.29 is 19.4 Å². The highest BCUT2D eigenvalue weighted by Gasteiger charge is 2.41. The summed E-state index contributed by atoms with van der Waals surface area (Å²) in [7, 11) is 0. The minimum atomic E-state index is -1.77. The highest BCUT2D eigenvalue weighted by Crippen LogP contribution is 2.23. The van der Waals surface area contributed by atoms with Crippen LogP contribution in [0.5, 0.6) is 0 Å². The average molecular weight is 361 g/mol. The molecule has 1 aliphatic heterocycles. The van der Waals surface area contributed by atoms with E-state index in [0.29, 0.717) is 16.6 Å². The molecule has 1 saturated heterocycles. The molecular formula is C20H15N3O4. The standard InChI is InChI=1S/C20H15N3O4/c21-18(24)17-15-6-1-2-7-16(15)23(22-17)14-5-3-4-13(12-14)8-9-20(26)10-11-27-19(20)25/h1-7,12,26H,10-11H2,(H2,21,24)/t20-/m1/s1. The SMILES string of the molecule is NC(=O)c1nn(-c2cccc(C#C[C@@]3(O)CCOC3=O)c2)c2ccccc12. The summed E-state index contributed by atoms with van der Waals surface area (Å²) in [5.41, 5.74) is 5.84. The minimum Gasteiger partial charge on any atom is -0.463 e. The predicted octanol–water partition coefficient (Wildman–Crippen LogP) is 1.15. The zero-order valence-electron chi connectivity index (χ0n) is 14.2. The van der Waals surface area contributed by atoms with Crippen LogP contribution in [0.4, 0.5) is 0 Å². The molecule has 0 radical (unpaired) electrons. The van der Waals surface area contributed by atoms with E-state index in [4.69, 9.17) is 10.5 Å². The second kappa shape index (κ2) is 6.27. The number of carbonyl (C=O) groups excluding carboxylic acids is 2. The molecule has 1 fully saturated rings. The topological polar surface area (TPSA) is 107 Å². The fourth-order valence-corrected chi connectivity index (χ4v) is 2.96. The Morgan fingerprint density at radius 1 is 1.26 bits per heavy atom. The van der Waals surface area contributed by atoms with Crippen molar-refractivity contribution in [3.63, 3.8) is 0 Å². The summed E-state index contributed by atoms with van der Waals surface area (Å²) in [5.74, 6) is 4.07. The van der Waals surface area contributed by atoms with Crippen molar-refractivity contribution in [2.75, 3.05) is 6.61 Å². The van der Waals surface area contributed by atoms with Crippen LogP contribution < -0.4 is 5.73 Å². The van der Waals surface area contributed by atoms with E-state index in [1.807, 2.05) is 24.3 Å². The van der Waals surface area contributed by atoms with Crippen molar-refractivity contribution in [3.05, 3.63) is 59.8 Å². The molecule has 3 aromatic rings. The number of aromatic nitrogens is 2. The van der Waals surface area contributed by atoms with Gasteiger partial charge in [0, 0.05) is 17.4 Å². The molecule has 27 heavy (non-hydrogen) atoms. The molecule has 7 nitrogen and oxygen atoms in total. The molecular weight excluding hydrogens is 346 g/mol. The molecule has 0 unspecified atom stereocenters. The fourth-order valence-electron chi connectivity index (χ4n) is 2.96. The molecule has 1 atom stereocenters. The van der Waals surface area contributed by atoms with Gasteiger partial charge in [0.05, 0.1) is 17.8 Å². The number of esters is 1. The molecule has 0 saturated carbocycles. The Balaban J connectivity index is 1.77. The van der Waals surface area contributed by atoms with Crippen LogP contribution in [-0.4, -0.2) is 39.0 Å². The number of cyclic esters (lactones) is 1. The quantitative estimate of drug-likeness (QED) is 0.526. The normalized spacial score (nSPS) is 18.8. The number of nitrogens with zero attached hydrogens (tertiary/aromatic N) is 2. The van der Waals surface area contributed by atoms with Crippen LogP contribution in [0.2, 0.25) is 0 Å². The zero-order valence-corrected chi connectivity index (χ0v) is 14.2. The van der Waals surface area contributed by atoms with Crippen molar-refractivity contribution >= 4 is 22.8 Å². The molecule has 0 bridgehead atoms. The molecule has 1 aliphatic rings. The fraction of sp³-hybridized carbons (Fsp3) is 0.150. The summed E-state index contributed by atoms with van der Waals surface area (Å²) in [5, 5.41) is 15.2. The lowest BCUT2D eigenvalue weighted by Crippen LogP contribution is -2.31. The Labute approximate surface area is 154 Å². The predicted molar refractivity (Wildman–Crippen MR) is 97.0 cm³/mol. The van der Waals surface area contributed by atoms with Gasteiger partial charge in [0.2, 0.25) is 5.60 Å². The Bertz CT molecular complexity index is 1140. The third kappa shape index (κ3) is 2.92. The zero-order chi connectivity index (χ0) is 19.0. The van der Waals surface area contributed by atoms with Crippen molar-refractivity contribution in [1.29, 1.82) is 0 Å².